The number of H-pyrrole nitrogens is 1. The van der Waals surface area contributed by atoms with Gasteiger partial charge < -0.3 is 15.5 Å². The SMILES string of the molecule is Cc1ccc2[nH]c(C3(C)COCC3N)nc2n1. The van der Waals surface area contributed by atoms with Gasteiger partial charge in [0.05, 0.1) is 24.1 Å². The maximum absolute atomic E-state index is 6.09. The molecule has 3 heterocycles. The maximum atomic E-state index is 6.09. The van der Waals surface area contributed by atoms with Gasteiger partial charge in [0, 0.05) is 11.7 Å². The van der Waals surface area contributed by atoms with Crippen molar-refractivity contribution in [2.24, 2.45) is 5.73 Å². The summed E-state index contributed by atoms with van der Waals surface area (Å²) in [6, 6.07) is 3.94. The van der Waals surface area contributed by atoms with Crippen LogP contribution in [0.5, 0.6) is 0 Å². The van der Waals surface area contributed by atoms with Gasteiger partial charge in [-0.1, -0.05) is 0 Å². The second-order valence-electron chi connectivity index (χ2n) is 4.95. The summed E-state index contributed by atoms with van der Waals surface area (Å²) >= 11 is 0. The lowest BCUT2D eigenvalue weighted by Crippen LogP contribution is -2.42. The molecule has 0 amide bonds. The van der Waals surface area contributed by atoms with Crippen molar-refractivity contribution in [2.45, 2.75) is 25.3 Å². The molecule has 1 fully saturated rings. The first-order valence-electron chi connectivity index (χ1n) is 5.77. The lowest BCUT2D eigenvalue weighted by Gasteiger charge is -2.23. The molecule has 1 aliphatic rings. The van der Waals surface area contributed by atoms with Gasteiger partial charge in [-0.3, -0.25) is 0 Å². The minimum atomic E-state index is -0.241. The Labute approximate surface area is 99.4 Å². The average molecular weight is 232 g/mol. The molecule has 0 saturated carbocycles. The zero-order valence-corrected chi connectivity index (χ0v) is 10.0. The van der Waals surface area contributed by atoms with E-state index in [0.29, 0.717) is 13.2 Å². The van der Waals surface area contributed by atoms with Gasteiger partial charge in [0.2, 0.25) is 0 Å². The molecule has 0 bridgehead atoms. The number of imidazole rings is 1. The third-order valence-corrected chi connectivity index (χ3v) is 3.54. The molecule has 1 aliphatic heterocycles. The first-order valence-corrected chi connectivity index (χ1v) is 5.77. The van der Waals surface area contributed by atoms with E-state index < -0.39 is 0 Å². The van der Waals surface area contributed by atoms with E-state index in [1.54, 1.807) is 0 Å². The summed E-state index contributed by atoms with van der Waals surface area (Å²) in [4.78, 5) is 12.3. The molecule has 5 nitrogen and oxygen atoms in total. The first kappa shape index (κ1) is 10.7. The second-order valence-corrected chi connectivity index (χ2v) is 4.95. The van der Waals surface area contributed by atoms with E-state index in [1.165, 1.54) is 0 Å². The van der Waals surface area contributed by atoms with E-state index in [0.717, 1.165) is 22.7 Å². The minimum absolute atomic E-state index is 0.0239. The van der Waals surface area contributed by atoms with E-state index in [9.17, 15) is 0 Å². The molecular formula is C12H16N4O. The fraction of sp³-hybridized carbons (Fsp3) is 0.500. The van der Waals surface area contributed by atoms with Crippen LogP contribution in [0.1, 0.15) is 18.4 Å². The molecule has 90 valence electrons. The van der Waals surface area contributed by atoms with Crippen LogP contribution in [-0.4, -0.2) is 34.2 Å². The standard InChI is InChI=1S/C12H16N4O/c1-7-3-4-8-10(14-7)16-11(15-8)12(2)6-17-5-9(12)13/h3-4,9H,5-6,13H2,1-2H3,(H,14,15,16). The molecule has 2 aromatic rings. The summed E-state index contributed by atoms with van der Waals surface area (Å²) in [6.45, 7) is 5.22. The van der Waals surface area contributed by atoms with Crippen LogP contribution in [0.3, 0.4) is 0 Å². The number of pyridine rings is 1. The fourth-order valence-electron chi connectivity index (χ4n) is 2.19. The number of ether oxygens (including phenoxy) is 1. The number of fused-ring (bicyclic) bond motifs is 1. The fourth-order valence-corrected chi connectivity index (χ4v) is 2.19. The number of aromatic amines is 1. The van der Waals surface area contributed by atoms with Crippen LogP contribution in [0, 0.1) is 6.92 Å². The number of nitrogens with one attached hydrogen (secondary N) is 1. The van der Waals surface area contributed by atoms with Crippen molar-refractivity contribution < 1.29 is 4.74 Å². The van der Waals surface area contributed by atoms with Crippen LogP contribution in [0.15, 0.2) is 12.1 Å². The van der Waals surface area contributed by atoms with Gasteiger partial charge in [-0.2, -0.15) is 0 Å². The molecule has 3 rings (SSSR count). The lowest BCUT2D eigenvalue weighted by molar-refractivity contribution is 0.178. The van der Waals surface area contributed by atoms with Crippen molar-refractivity contribution in [3.05, 3.63) is 23.7 Å². The number of hydrogen-bond acceptors (Lipinski definition) is 4. The predicted molar refractivity (Wildman–Crippen MR) is 64.8 cm³/mol. The zero-order chi connectivity index (χ0) is 12.0. The topological polar surface area (TPSA) is 76.8 Å². The van der Waals surface area contributed by atoms with Crippen molar-refractivity contribution in [3.8, 4) is 0 Å². The normalized spacial score (nSPS) is 29.0. The van der Waals surface area contributed by atoms with Crippen LogP contribution in [0.2, 0.25) is 0 Å². The number of hydrogen-bond donors (Lipinski definition) is 2. The van der Waals surface area contributed by atoms with Gasteiger partial charge >= 0.3 is 0 Å². The van der Waals surface area contributed by atoms with Gasteiger partial charge in [-0.05, 0) is 26.0 Å². The first-order chi connectivity index (χ1) is 8.09. The van der Waals surface area contributed by atoms with E-state index in [2.05, 4.69) is 21.9 Å². The van der Waals surface area contributed by atoms with Gasteiger partial charge in [0.1, 0.15) is 5.82 Å². The van der Waals surface area contributed by atoms with Crippen molar-refractivity contribution in [1.29, 1.82) is 0 Å². The number of rotatable bonds is 1. The van der Waals surface area contributed by atoms with Crippen molar-refractivity contribution in [3.63, 3.8) is 0 Å². The van der Waals surface area contributed by atoms with Crippen molar-refractivity contribution in [1.82, 2.24) is 15.0 Å². The van der Waals surface area contributed by atoms with Gasteiger partial charge in [0.15, 0.2) is 5.65 Å². The molecular weight excluding hydrogens is 216 g/mol. The molecule has 0 aromatic carbocycles. The summed E-state index contributed by atoms with van der Waals surface area (Å²) < 4.78 is 5.44. The number of nitrogens with zero attached hydrogens (tertiary/aromatic N) is 2. The molecule has 17 heavy (non-hydrogen) atoms. The van der Waals surface area contributed by atoms with Gasteiger partial charge in [0.25, 0.3) is 0 Å². The van der Waals surface area contributed by atoms with E-state index in [4.69, 9.17) is 10.5 Å². The van der Waals surface area contributed by atoms with Gasteiger partial charge in [-0.25, -0.2) is 9.97 Å². The Hall–Kier alpha value is -1.46. The summed E-state index contributed by atoms with van der Waals surface area (Å²) in [5.74, 6) is 0.871. The molecule has 0 radical (unpaired) electrons. The van der Waals surface area contributed by atoms with Crippen molar-refractivity contribution in [2.75, 3.05) is 13.2 Å². The lowest BCUT2D eigenvalue weighted by atomic mass is 9.85. The molecule has 0 spiro atoms. The molecule has 2 atom stereocenters. The quantitative estimate of drug-likeness (QED) is 0.765. The Kier molecular flexibility index (Phi) is 2.21. The molecule has 5 heteroatoms. The van der Waals surface area contributed by atoms with Crippen molar-refractivity contribution >= 4 is 11.2 Å². The summed E-state index contributed by atoms with van der Waals surface area (Å²) in [6.07, 6.45) is 0. The van der Waals surface area contributed by atoms with Crippen LogP contribution in [0.4, 0.5) is 0 Å². The summed E-state index contributed by atoms with van der Waals surface area (Å²) in [5, 5.41) is 0. The van der Waals surface area contributed by atoms with Crippen LogP contribution in [-0.2, 0) is 10.2 Å². The highest BCUT2D eigenvalue weighted by atomic mass is 16.5. The third kappa shape index (κ3) is 1.54. The Morgan fingerprint density at radius 1 is 1.47 bits per heavy atom. The highest BCUT2D eigenvalue weighted by Gasteiger charge is 2.41. The number of aryl methyl sites for hydroxylation is 1. The Morgan fingerprint density at radius 2 is 2.29 bits per heavy atom. The highest BCUT2D eigenvalue weighted by molar-refractivity contribution is 5.71. The van der Waals surface area contributed by atoms with Crippen LogP contribution >= 0.6 is 0 Å². The maximum Gasteiger partial charge on any atom is 0.177 e. The summed E-state index contributed by atoms with van der Waals surface area (Å²) in [5.41, 5.74) is 8.52. The average Bonchev–Trinajstić information content (AvgIpc) is 2.84. The van der Waals surface area contributed by atoms with Gasteiger partial charge in [-0.15, -0.1) is 0 Å². The Morgan fingerprint density at radius 3 is 3.00 bits per heavy atom. The smallest absolute Gasteiger partial charge is 0.177 e. The third-order valence-electron chi connectivity index (χ3n) is 3.54. The van der Waals surface area contributed by atoms with E-state index >= 15 is 0 Å². The molecule has 0 aliphatic carbocycles. The Balaban J connectivity index is 2.12. The molecule has 2 unspecified atom stereocenters. The predicted octanol–water partition coefficient (Wildman–Crippen LogP) is 0.882. The number of aromatic nitrogens is 3. The minimum Gasteiger partial charge on any atom is -0.379 e. The van der Waals surface area contributed by atoms with Crippen LogP contribution < -0.4 is 5.73 Å². The highest BCUT2D eigenvalue weighted by Crippen LogP contribution is 2.30. The second kappa shape index (κ2) is 3.51. The van der Waals surface area contributed by atoms with E-state index in [1.807, 2.05) is 19.1 Å². The van der Waals surface area contributed by atoms with Crippen LogP contribution in [0.25, 0.3) is 11.2 Å². The molecule has 3 N–H and O–H groups in total. The largest absolute Gasteiger partial charge is 0.379 e. The monoisotopic (exact) mass is 232 g/mol. The Bertz CT molecular complexity index is 565. The number of nitrogens with two attached hydrogens (primary N) is 1. The zero-order valence-electron chi connectivity index (χ0n) is 10.0. The summed E-state index contributed by atoms with van der Waals surface area (Å²) in [7, 11) is 0. The molecule has 1 saturated heterocycles. The molecule has 2 aromatic heterocycles. The van der Waals surface area contributed by atoms with E-state index in [-0.39, 0.29) is 11.5 Å².